The molecule has 0 saturated heterocycles. The highest BCUT2D eigenvalue weighted by molar-refractivity contribution is 9.10. The minimum atomic E-state index is -0.358. The molecule has 0 atom stereocenters. The minimum Gasteiger partial charge on any atom is -0.326 e. The number of anilines is 1. The summed E-state index contributed by atoms with van der Waals surface area (Å²) in [5.41, 5.74) is 0.522. The highest BCUT2D eigenvalue weighted by Crippen LogP contribution is 2.28. The van der Waals surface area contributed by atoms with Crippen molar-refractivity contribution in [3.8, 4) is 0 Å². The van der Waals surface area contributed by atoms with Crippen LogP contribution in [0.4, 0.5) is 10.1 Å². The highest BCUT2D eigenvalue weighted by atomic mass is 79.9. The largest absolute Gasteiger partial charge is 0.326 e. The van der Waals surface area contributed by atoms with E-state index in [4.69, 9.17) is 0 Å². The highest BCUT2D eigenvalue weighted by Gasteiger charge is 2.18. The van der Waals surface area contributed by atoms with Gasteiger partial charge in [-0.2, -0.15) is 0 Å². The number of hydrogen-bond acceptors (Lipinski definition) is 1. The number of amides is 1. The van der Waals surface area contributed by atoms with Crippen LogP contribution in [0.15, 0.2) is 22.7 Å². The molecular weight excluding hydrogens is 285 g/mol. The first-order valence-corrected chi connectivity index (χ1v) is 6.69. The summed E-state index contributed by atoms with van der Waals surface area (Å²) in [7, 11) is 0. The Kier molecular flexibility index (Phi) is 4.15. The van der Waals surface area contributed by atoms with Crippen molar-refractivity contribution in [3.05, 3.63) is 28.5 Å². The summed E-state index contributed by atoms with van der Waals surface area (Å²) in [4.78, 5) is 11.7. The number of hydrogen-bond donors (Lipinski definition) is 1. The van der Waals surface area contributed by atoms with Gasteiger partial charge in [0.15, 0.2) is 0 Å². The zero-order chi connectivity index (χ0) is 12.3. The van der Waals surface area contributed by atoms with Crippen LogP contribution < -0.4 is 5.32 Å². The average molecular weight is 300 g/mol. The average Bonchev–Trinajstić information content (AvgIpc) is 2.76. The molecular formula is C13H15BrFNO. The fourth-order valence-electron chi connectivity index (χ4n) is 2.26. The van der Waals surface area contributed by atoms with Gasteiger partial charge in [-0.05, 0) is 52.9 Å². The summed E-state index contributed by atoms with van der Waals surface area (Å²) in [5, 5.41) is 2.74. The molecule has 0 bridgehead atoms. The normalized spacial score (nSPS) is 16.1. The van der Waals surface area contributed by atoms with Crippen LogP contribution in [-0.4, -0.2) is 5.91 Å². The van der Waals surface area contributed by atoms with Crippen molar-refractivity contribution in [2.24, 2.45) is 5.92 Å². The Morgan fingerprint density at radius 1 is 1.41 bits per heavy atom. The molecule has 1 N–H and O–H groups in total. The van der Waals surface area contributed by atoms with Gasteiger partial charge in [0.2, 0.25) is 5.91 Å². The molecule has 1 aromatic rings. The third kappa shape index (κ3) is 3.53. The zero-order valence-corrected chi connectivity index (χ0v) is 11.1. The van der Waals surface area contributed by atoms with E-state index in [0.717, 1.165) is 12.8 Å². The van der Waals surface area contributed by atoms with Crippen molar-refractivity contribution in [1.29, 1.82) is 0 Å². The molecule has 4 heteroatoms. The van der Waals surface area contributed by atoms with Crippen molar-refractivity contribution < 1.29 is 9.18 Å². The predicted molar refractivity (Wildman–Crippen MR) is 69.3 cm³/mol. The number of benzene rings is 1. The van der Waals surface area contributed by atoms with Crippen LogP contribution in [-0.2, 0) is 4.79 Å². The molecule has 1 aromatic carbocycles. The Morgan fingerprint density at radius 3 is 2.76 bits per heavy atom. The van der Waals surface area contributed by atoms with E-state index in [-0.39, 0.29) is 11.7 Å². The molecule has 0 unspecified atom stereocenters. The molecule has 0 heterocycles. The maximum absolute atomic E-state index is 13.2. The lowest BCUT2D eigenvalue weighted by atomic mass is 10.0. The van der Waals surface area contributed by atoms with E-state index in [1.165, 1.54) is 18.9 Å². The maximum Gasteiger partial charge on any atom is 0.224 e. The van der Waals surface area contributed by atoms with Crippen molar-refractivity contribution in [3.63, 3.8) is 0 Å². The van der Waals surface area contributed by atoms with Crippen LogP contribution in [0.2, 0.25) is 0 Å². The number of rotatable bonds is 3. The Balaban J connectivity index is 1.90. The van der Waals surface area contributed by atoms with E-state index in [1.54, 1.807) is 12.1 Å². The molecule has 1 saturated carbocycles. The van der Waals surface area contributed by atoms with E-state index in [0.29, 0.717) is 22.5 Å². The lowest BCUT2D eigenvalue weighted by molar-refractivity contribution is -0.117. The standard InChI is InChI=1S/C13H15BrFNO/c14-11-6-5-10(8-12(11)15)16-13(17)7-9-3-1-2-4-9/h5-6,8-9H,1-4,7H2,(H,16,17). The van der Waals surface area contributed by atoms with Crippen molar-refractivity contribution in [1.82, 2.24) is 0 Å². The van der Waals surface area contributed by atoms with Gasteiger partial charge in [-0.15, -0.1) is 0 Å². The fraction of sp³-hybridized carbons (Fsp3) is 0.462. The van der Waals surface area contributed by atoms with Crippen LogP contribution >= 0.6 is 15.9 Å². The number of halogens is 2. The first-order chi connectivity index (χ1) is 8.15. The van der Waals surface area contributed by atoms with Gasteiger partial charge in [-0.3, -0.25) is 4.79 Å². The summed E-state index contributed by atoms with van der Waals surface area (Å²) in [5.74, 6) is 0.137. The second-order valence-corrected chi connectivity index (χ2v) is 5.39. The van der Waals surface area contributed by atoms with E-state index in [2.05, 4.69) is 21.2 Å². The van der Waals surface area contributed by atoms with Gasteiger partial charge in [0.1, 0.15) is 5.82 Å². The smallest absolute Gasteiger partial charge is 0.224 e. The number of carbonyl (C=O) groups is 1. The van der Waals surface area contributed by atoms with E-state index < -0.39 is 0 Å². The van der Waals surface area contributed by atoms with Gasteiger partial charge in [0, 0.05) is 12.1 Å². The van der Waals surface area contributed by atoms with Gasteiger partial charge >= 0.3 is 0 Å². The quantitative estimate of drug-likeness (QED) is 0.894. The second-order valence-electron chi connectivity index (χ2n) is 4.53. The third-order valence-corrected chi connectivity index (χ3v) is 3.80. The lowest BCUT2D eigenvalue weighted by Crippen LogP contribution is -2.15. The Hall–Kier alpha value is -0.900. The zero-order valence-electron chi connectivity index (χ0n) is 9.51. The Bertz CT molecular complexity index is 416. The molecule has 0 spiro atoms. The predicted octanol–water partition coefficient (Wildman–Crippen LogP) is 4.11. The summed E-state index contributed by atoms with van der Waals surface area (Å²) in [6.07, 6.45) is 5.29. The first-order valence-electron chi connectivity index (χ1n) is 5.90. The van der Waals surface area contributed by atoms with Crippen molar-refractivity contribution in [2.75, 3.05) is 5.32 Å². The summed E-state index contributed by atoms with van der Waals surface area (Å²) in [6.45, 7) is 0. The second kappa shape index (κ2) is 5.63. The molecule has 0 radical (unpaired) electrons. The van der Waals surface area contributed by atoms with E-state index in [1.807, 2.05) is 0 Å². The topological polar surface area (TPSA) is 29.1 Å². The monoisotopic (exact) mass is 299 g/mol. The summed E-state index contributed by atoms with van der Waals surface area (Å²) < 4.78 is 13.6. The lowest BCUT2D eigenvalue weighted by Gasteiger charge is -2.09. The molecule has 2 nitrogen and oxygen atoms in total. The molecule has 1 aliphatic carbocycles. The van der Waals surface area contributed by atoms with Gasteiger partial charge in [0.05, 0.1) is 4.47 Å². The molecule has 1 aliphatic rings. The molecule has 92 valence electrons. The molecule has 0 aliphatic heterocycles. The molecule has 17 heavy (non-hydrogen) atoms. The summed E-state index contributed by atoms with van der Waals surface area (Å²) in [6, 6.07) is 4.62. The van der Waals surface area contributed by atoms with Gasteiger partial charge in [-0.1, -0.05) is 12.8 Å². The van der Waals surface area contributed by atoms with Gasteiger partial charge < -0.3 is 5.32 Å². The molecule has 0 aromatic heterocycles. The van der Waals surface area contributed by atoms with Gasteiger partial charge in [0.25, 0.3) is 0 Å². The third-order valence-electron chi connectivity index (χ3n) is 3.15. The van der Waals surface area contributed by atoms with Crippen LogP contribution in [0, 0.1) is 11.7 Å². The fourth-order valence-corrected chi connectivity index (χ4v) is 2.51. The molecule has 2 rings (SSSR count). The van der Waals surface area contributed by atoms with Gasteiger partial charge in [-0.25, -0.2) is 4.39 Å². The number of carbonyl (C=O) groups excluding carboxylic acids is 1. The number of nitrogens with one attached hydrogen (secondary N) is 1. The van der Waals surface area contributed by atoms with Crippen molar-refractivity contribution in [2.45, 2.75) is 32.1 Å². The summed E-state index contributed by atoms with van der Waals surface area (Å²) >= 11 is 3.08. The minimum absolute atomic E-state index is 0.0152. The van der Waals surface area contributed by atoms with Crippen LogP contribution in [0.25, 0.3) is 0 Å². The molecule has 1 amide bonds. The maximum atomic E-state index is 13.2. The van der Waals surface area contributed by atoms with E-state index in [9.17, 15) is 9.18 Å². The van der Waals surface area contributed by atoms with E-state index >= 15 is 0 Å². The Morgan fingerprint density at radius 2 is 2.12 bits per heavy atom. The van der Waals surface area contributed by atoms with Crippen LogP contribution in [0.1, 0.15) is 32.1 Å². The van der Waals surface area contributed by atoms with Crippen LogP contribution in [0.3, 0.4) is 0 Å². The van der Waals surface area contributed by atoms with Crippen LogP contribution in [0.5, 0.6) is 0 Å². The van der Waals surface area contributed by atoms with Crippen molar-refractivity contribution >= 4 is 27.5 Å². The molecule has 1 fully saturated rings. The Labute approximate surface area is 109 Å². The first kappa shape index (κ1) is 12.6. The SMILES string of the molecule is O=C(CC1CCCC1)Nc1ccc(Br)c(F)c1.